The number of carbonyl (C=O) groups excluding carboxylic acids is 2. The van der Waals surface area contributed by atoms with Crippen molar-refractivity contribution in [1.82, 2.24) is 14.8 Å². The summed E-state index contributed by atoms with van der Waals surface area (Å²) in [5, 5.41) is 15.0. The normalized spacial score (nSPS) is 18.9. The average Bonchev–Trinajstić information content (AvgIpc) is 3.30. The molecular formula is C23H32N4O3. The van der Waals surface area contributed by atoms with E-state index >= 15 is 0 Å². The van der Waals surface area contributed by atoms with Crippen molar-refractivity contribution in [3.05, 3.63) is 47.3 Å². The number of para-hydroxylation sites is 1. The number of likely N-dealkylation sites (tertiary alicyclic amines) is 1. The van der Waals surface area contributed by atoms with E-state index in [2.05, 4.69) is 5.32 Å². The summed E-state index contributed by atoms with van der Waals surface area (Å²) in [6.07, 6.45) is 3.62. The number of hydrogen-bond acceptors (Lipinski definition) is 5. The number of fused-ring (bicyclic) bond motifs is 1. The third-order valence-corrected chi connectivity index (χ3v) is 5.79. The van der Waals surface area contributed by atoms with Crippen LogP contribution in [0.3, 0.4) is 0 Å². The number of aromatic nitrogens is 1. The van der Waals surface area contributed by atoms with E-state index in [1.165, 1.54) is 0 Å². The average molecular weight is 413 g/mol. The molecule has 0 spiro atoms. The number of nitrogens with zero attached hydrogens (tertiary/aromatic N) is 2. The number of nitrogens with two attached hydrogens (primary N) is 1. The maximum Gasteiger partial charge on any atom is 0.240 e. The van der Waals surface area contributed by atoms with Crippen LogP contribution in [-0.4, -0.2) is 51.2 Å². The molecule has 2 aromatic rings. The van der Waals surface area contributed by atoms with Crippen LogP contribution < -0.4 is 11.1 Å². The van der Waals surface area contributed by atoms with Gasteiger partial charge in [0.25, 0.3) is 0 Å². The van der Waals surface area contributed by atoms with Gasteiger partial charge in [-0.05, 0) is 51.7 Å². The minimum absolute atomic E-state index is 0.0220. The van der Waals surface area contributed by atoms with Crippen molar-refractivity contribution in [2.45, 2.75) is 65.3 Å². The topological polar surface area (TPSA) is 101 Å². The molecule has 0 bridgehead atoms. The summed E-state index contributed by atoms with van der Waals surface area (Å²) in [7, 11) is 0. The Morgan fingerprint density at radius 2 is 1.97 bits per heavy atom. The van der Waals surface area contributed by atoms with Crippen LogP contribution in [0, 0.1) is 0 Å². The molecule has 1 unspecified atom stereocenters. The third-order valence-electron chi connectivity index (χ3n) is 5.79. The minimum atomic E-state index is -0.911. The fraction of sp³-hybridized carbons (Fsp3) is 0.478. The van der Waals surface area contributed by atoms with E-state index in [4.69, 9.17) is 5.73 Å². The van der Waals surface area contributed by atoms with E-state index in [9.17, 15) is 14.7 Å². The molecule has 1 aromatic carbocycles. The Balaban J connectivity index is 1.86. The molecule has 1 aliphatic heterocycles. The highest BCUT2D eigenvalue weighted by atomic mass is 16.3. The Labute approximate surface area is 177 Å². The second-order valence-corrected chi connectivity index (χ2v) is 8.36. The van der Waals surface area contributed by atoms with Crippen molar-refractivity contribution in [3.8, 4) is 0 Å². The van der Waals surface area contributed by atoms with Gasteiger partial charge in [0.2, 0.25) is 11.8 Å². The maximum atomic E-state index is 12.1. The summed E-state index contributed by atoms with van der Waals surface area (Å²) in [6.45, 7) is 7.65. The van der Waals surface area contributed by atoms with Gasteiger partial charge in [0.05, 0.1) is 17.3 Å². The van der Waals surface area contributed by atoms with Gasteiger partial charge >= 0.3 is 0 Å². The number of carbonyl (C=O) groups is 2. The van der Waals surface area contributed by atoms with Gasteiger partial charge in [-0.1, -0.05) is 23.8 Å². The molecule has 0 aliphatic carbocycles. The second kappa shape index (κ2) is 9.12. The number of nitrogens with one attached hydrogen (secondary N) is 1. The van der Waals surface area contributed by atoms with Gasteiger partial charge in [-0.3, -0.25) is 19.1 Å². The molecule has 4 N–H and O–H groups in total. The molecule has 3 rings (SSSR count). The zero-order valence-corrected chi connectivity index (χ0v) is 18.2. The van der Waals surface area contributed by atoms with Crippen LogP contribution in [0.25, 0.3) is 10.9 Å². The highest BCUT2D eigenvalue weighted by molar-refractivity contribution is 5.93. The molecule has 1 fully saturated rings. The maximum absolute atomic E-state index is 12.1. The molecule has 1 aliphatic rings. The number of allylic oxidation sites excluding steroid dienone is 1. The quantitative estimate of drug-likeness (QED) is 0.676. The number of amides is 1. The molecule has 1 saturated heterocycles. The van der Waals surface area contributed by atoms with Gasteiger partial charge in [-0.2, -0.15) is 0 Å². The molecule has 2 heterocycles. The Morgan fingerprint density at radius 1 is 1.27 bits per heavy atom. The van der Waals surface area contributed by atoms with Gasteiger partial charge in [0, 0.05) is 31.1 Å². The lowest BCUT2D eigenvalue weighted by Crippen LogP contribution is -2.48. The van der Waals surface area contributed by atoms with Gasteiger partial charge in [0.1, 0.15) is 6.23 Å². The summed E-state index contributed by atoms with van der Waals surface area (Å²) in [6, 6.07) is 7.34. The Bertz CT molecular complexity index is 972. The van der Waals surface area contributed by atoms with Gasteiger partial charge < -0.3 is 16.2 Å². The second-order valence-electron chi connectivity index (χ2n) is 8.36. The van der Waals surface area contributed by atoms with Crippen molar-refractivity contribution in [1.29, 1.82) is 0 Å². The zero-order chi connectivity index (χ0) is 22.0. The molecule has 3 atom stereocenters. The van der Waals surface area contributed by atoms with E-state index in [0.29, 0.717) is 5.70 Å². The molecule has 1 amide bonds. The molecule has 0 saturated carbocycles. The highest BCUT2D eigenvalue weighted by Crippen LogP contribution is 2.29. The molecular weight excluding hydrogens is 380 g/mol. The molecule has 0 radical (unpaired) electrons. The molecule has 1 aromatic heterocycles. The molecule has 7 nitrogen and oxygen atoms in total. The van der Waals surface area contributed by atoms with Gasteiger partial charge in [-0.25, -0.2) is 0 Å². The lowest BCUT2D eigenvalue weighted by atomic mass is 10.0. The number of rotatable bonds is 6. The third kappa shape index (κ3) is 4.48. The molecule has 162 valence electrons. The Hall–Kier alpha value is -2.48. The molecule has 7 heteroatoms. The van der Waals surface area contributed by atoms with Crippen molar-refractivity contribution in [3.63, 3.8) is 0 Å². The largest absolute Gasteiger partial charge is 0.373 e. The van der Waals surface area contributed by atoms with E-state index in [1.54, 1.807) is 18.4 Å². The van der Waals surface area contributed by atoms with Crippen LogP contribution in [0.2, 0.25) is 0 Å². The SMILES string of the molecule is CC(=O)n1cc(C[C@@H]2CCCN2C(O)C(NC(=O)[C@H](C)N)=C(C)C)c2ccccc21. The first-order valence-corrected chi connectivity index (χ1v) is 10.5. The fourth-order valence-corrected chi connectivity index (χ4v) is 4.19. The first-order chi connectivity index (χ1) is 14.2. The van der Waals surface area contributed by atoms with Crippen LogP contribution >= 0.6 is 0 Å². The summed E-state index contributed by atoms with van der Waals surface area (Å²) in [4.78, 5) is 26.2. The lowest BCUT2D eigenvalue weighted by molar-refractivity contribution is -0.122. The smallest absolute Gasteiger partial charge is 0.240 e. The van der Waals surface area contributed by atoms with Crippen LogP contribution in [0.1, 0.15) is 50.9 Å². The zero-order valence-electron chi connectivity index (χ0n) is 18.2. The van der Waals surface area contributed by atoms with Gasteiger partial charge in [0.15, 0.2) is 0 Å². The van der Waals surface area contributed by atoms with Crippen molar-refractivity contribution < 1.29 is 14.7 Å². The van der Waals surface area contributed by atoms with Crippen LogP contribution in [0.4, 0.5) is 0 Å². The van der Waals surface area contributed by atoms with Crippen molar-refractivity contribution in [2.24, 2.45) is 5.73 Å². The number of hydrogen-bond donors (Lipinski definition) is 3. The predicted octanol–water partition coefficient (Wildman–Crippen LogP) is 2.38. The van der Waals surface area contributed by atoms with E-state index in [-0.39, 0.29) is 17.9 Å². The number of aliphatic hydroxyl groups excluding tert-OH is 1. The number of benzene rings is 1. The summed E-state index contributed by atoms with van der Waals surface area (Å²) >= 11 is 0. The predicted molar refractivity (Wildman–Crippen MR) is 118 cm³/mol. The van der Waals surface area contributed by atoms with E-state index in [0.717, 1.165) is 47.8 Å². The van der Waals surface area contributed by atoms with E-state index < -0.39 is 12.3 Å². The number of aliphatic hydroxyl groups is 1. The van der Waals surface area contributed by atoms with Crippen LogP contribution in [0.5, 0.6) is 0 Å². The monoisotopic (exact) mass is 412 g/mol. The Kier molecular flexibility index (Phi) is 6.75. The summed E-state index contributed by atoms with van der Waals surface area (Å²) < 4.78 is 1.69. The van der Waals surface area contributed by atoms with Crippen LogP contribution in [0.15, 0.2) is 41.7 Å². The lowest BCUT2D eigenvalue weighted by Gasteiger charge is -2.32. The van der Waals surface area contributed by atoms with Crippen LogP contribution in [-0.2, 0) is 11.2 Å². The molecule has 30 heavy (non-hydrogen) atoms. The summed E-state index contributed by atoms with van der Waals surface area (Å²) in [5.41, 5.74) is 9.01. The fourth-order valence-electron chi connectivity index (χ4n) is 4.19. The van der Waals surface area contributed by atoms with Crippen molar-refractivity contribution >= 4 is 22.7 Å². The highest BCUT2D eigenvalue weighted by Gasteiger charge is 2.33. The van der Waals surface area contributed by atoms with Gasteiger partial charge in [-0.15, -0.1) is 0 Å². The first-order valence-electron chi connectivity index (χ1n) is 10.5. The summed E-state index contributed by atoms with van der Waals surface area (Å²) in [5.74, 6) is -0.336. The van der Waals surface area contributed by atoms with Crippen molar-refractivity contribution in [2.75, 3.05) is 6.54 Å². The minimum Gasteiger partial charge on any atom is -0.373 e. The van der Waals surface area contributed by atoms with E-state index in [1.807, 2.05) is 49.2 Å². The Morgan fingerprint density at radius 3 is 2.60 bits per heavy atom. The standard InChI is InChI=1S/C23H32N4O3/c1-14(2)21(25-22(29)15(3)24)23(30)26-11-7-8-18(26)12-17-13-27(16(4)28)20-10-6-5-9-19(17)20/h5-6,9-10,13,15,18,23,30H,7-8,11-12,24H2,1-4H3,(H,25,29)/t15-,18-,23?/m0/s1. The first kappa shape index (κ1) is 22.2.